The number of hydrogen-bond donors (Lipinski definition) is 0. The van der Waals surface area contributed by atoms with E-state index in [0.717, 1.165) is 17.9 Å². The second-order valence-corrected chi connectivity index (χ2v) is 7.06. The van der Waals surface area contributed by atoms with Crippen molar-refractivity contribution in [2.75, 3.05) is 11.4 Å². The smallest absolute Gasteiger partial charge is 0.304 e. The number of nitro benzene ring substituents is 1. The number of hydrogen-bond acceptors (Lipinski definition) is 3. The summed E-state index contributed by atoms with van der Waals surface area (Å²) in [5.41, 5.74) is 2.63. The van der Waals surface area contributed by atoms with E-state index in [1.165, 1.54) is 17.3 Å². The van der Waals surface area contributed by atoms with Crippen LogP contribution in [0.25, 0.3) is 6.08 Å². The van der Waals surface area contributed by atoms with E-state index in [-0.39, 0.29) is 16.0 Å². The average molecular weight is 337 g/mol. The van der Waals surface area contributed by atoms with Gasteiger partial charge in [0.25, 0.3) is 11.4 Å². The number of non-ortho nitro benzene ring substituents is 1. The average Bonchev–Trinajstić information content (AvgIpc) is 2.78. The van der Waals surface area contributed by atoms with Crippen LogP contribution in [0.2, 0.25) is 0 Å². The van der Waals surface area contributed by atoms with E-state index in [9.17, 15) is 10.1 Å². The Morgan fingerprint density at radius 2 is 1.96 bits per heavy atom. The maximum atomic E-state index is 11.0. The minimum atomic E-state index is -0.519. The number of benzene rings is 2. The van der Waals surface area contributed by atoms with Gasteiger partial charge < -0.3 is 4.74 Å². The van der Waals surface area contributed by atoms with E-state index in [2.05, 4.69) is 56.0 Å². The molecule has 0 radical (unpaired) electrons. The van der Waals surface area contributed by atoms with Gasteiger partial charge in [-0.1, -0.05) is 18.2 Å². The lowest BCUT2D eigenvalue weighted by Gasteiger charge is -2.43. The quantitative estimate of drug-likeness (QED) is 0.464. The Labute approximate surface area is 146 Å². The van der Waals surface area contributed by atoms with Gasteiger partial charge in [0.1, 0.15) is 5.41 Å². The lowest BCUT2D eigenvalue weighted by Crippen LogP contribution is -2.58. The monoisotopic (exact) mass is 337 g/mol. The summed E-state index contributed by atoms with van der Waals surface area (Å²) in [5, 5.41) is 11.0. The van der Waals surface area contributed by atoms with Gasteiger partial charge >= 0.3 is 5.72 Å². The largest absolute Gasteiger partial charge is 0.559 e. The first-order valence-electron chi connectivity index (χ1n) is 8.48. The molecule has 4 rings (SSSR count). The Hall–Kier alpha value is -2.82. The number of para-hydroxylation sites is 1. The second kappa shape index (κ2) is 5.09. The minimum absolute atomic E-state index is 0.0934. The third kappa shape index (κ3) is 1.95. The van der Waals surface area contributed by atoms with Crippen molar-refractivity contribution in [3.63, 3.8) is 0 Å². The van der Waals surface area contributed by atoms with Crippen molar-refractivity contribution in [1.82, 2.24) is 0 Å². The van der Waals surface area contributed by atoms with Crippen molar-refractivity contribution in [2.45, 2.75) is 31.9 Å². The first kappa shape index (κ1) is 15.7. The first-order chi connectivity index (χ1) is 11.9. The zero-order valence-electron chi connectivity index (χ0n) is 14.6. The van der Waals surface area contributed by atoms with Gasteiger partial charge in [0.05, 0.1) is 10.5 Å². The predicted molar refractivity (Wildman–Crippen MR) is 99.0 cm³/mol. The molecule has 0 fully saturated rings. The maximum absolute atomic E-state index is 11.0. The van der Waals surface area contributed by atoms with Gasteiger partial charge in [-0.25, -0.2) is 0 Å². The van der Waals surface area contributed by atoms with Crippen LogP contribution in [0.1, 0.15) is 31.9 Å². The molecule has 2 heterocycles. The van der Waals surface area contributed by atoms with E-state index in [0.29, 0.717) is 0 Å². The van der Waals surface area contributed by atoms with Crippen LogP contribution in [-0.2, 0) is 5.41 Å². The Kier molecular flexibility index (Phi) is 3.19. The van der Waals surface area contributed by atoms with Gasteiger partial charge in [0.15, 0.2) is 0 Å². The molecule has 128 valence electrons. The number of aliphatic hydroxyl groups is 1. The van der Waals surface area contributed by atoms with Crippen LogP contribution < -0.4 is 4.90 Å². The number of fused-ring (bicyclic) bond motifs is 2. The number of likely N-dealkylation sites (N-methyl/N-ethyl adjacent to an activating group) is 1. The van der Waals surface area contributed by atoms with Crippen molar-refractivity contribution in [3.05, 3.63) is 69.8 Å². The van der Waals surface area contributed by atoms with Crippen molar-refractivity contribution in [1.29, 1.82) is 0 Å². The molecule has 5 heteroatoms. The molecule has 2 aromatic rings. The molecule has 0 saturated heterocycles. The maximum Gasteiger partial charge on any atom is 0.304 e. The number of aromatic hydroxyl groups is 1. The lowest BCUT2D eigenvalue weighted by atomic mass is 9.76. The molecular weight excluding hydrogens is 316 g/mol. The summed E-state index contributed by atoms with van der Waals surface area (Å²) in [4.78, 5) is 13.0. The van der Waals surface area contributed by atoms with E-state index in [4.69, 9.17) is 4.74 Å². The molecular formula is C20H21N2O3+. The van der Waals surface area contributed by atoms with Gasteiger partial charge in [0, 0.05) is 36.5 Å². The zero-order chi connectivity index (χ0) is 17.8. The first-order valence-corrected chi connectivity index (χ1v) is 8.48. The van der Waals surface area contributed by atoms with Crippen molar-refractivity contribution in [3.8, 4) is 5.75 Å². The van der Waals surface area contributed by atoms with Crippen LogP contribution >= 0.6 is 0 Å². The molecule has 5 nitrogen and oxygen atoms in total. The Morgan fingerprint density at radius 1 is 1.20 bits per heavy atom. The molecule has 25 heavy (non-hydrogen) atoms. The second-order valence-electron chi connectivity index (χ2n) is 7.06. The van der Waals surface area contributed by atoms with Crippen LogP contribution in [0, 0.1) is 10.1 Å². The molecule has 0 aliphatic carbocycles. The highest BCUT2D eigenvalue weighted by Gasteiger charge is 2.62. The van der Waals surface area contributed by atoms with Crippen molar-refractivity contribution >= 4 is 17.5 Å². The SMILES string of the molecule is CCN1c2ccccc2C(C)(C)C12C=Cc1cc([N+](=O)[O-])ccc1[OH+]2. The fraction of sp³-hybridized carbons (Fsp3) is 0.300. The summed E-state index contributed by atoms with van der Waals surface area (Å²) in [5.74, 6) is 0.799. The van der Waals surface area contributed by atoms with E-state index in [1.807, 2.05) is 6.08 Å². The topological polar surface area (TPSA) is 59.2 Å². The predicted octanol–water partition coefficient (Wildman–Crippen LogP) is 4.38. The van der Waals surface area contributed by atoms with Gasteiger partial charge in [-0.05, 0) is 38.5 Å². The van der Waals surface area contributed by atoms with Crippen molar-refractivity contribution < 1.29 is 9.66 Å². The van der Waals surface area contributed by atoms with Crippen LogP contribution in [0.3, 0.4) is 0 Å². The lowest BCUT2D eigenvalue weighted by molar-refractivity contribution is -0.384. The molecule has 1 unspecified atom stereocenters. The highest BCUT2D eigenvalue weighted by atomic mass is 16.6. The minimum Gasteiger partial charge on any atom is -0.559 e. The highest BCUT2D eigenvalue weighted by Crippen LogP contribution is 2.55. The van der Waals surface area contributed by atoms with Gasteiger partial charge in [0.2, 0.25) is 0 Å². The molecule has 2 aliphatic heterocycles. The van der Waals surface area contributed by atoms with Crippen molar-refractivity contribution in [2.24, 2.45) is 0 Å². The molecule has 1 atom stereocenters. The number of anilines is 1. The summed E-state index contributed by atoms with van der Waals surface area (Å²) in [6.07, 6.45) is 4.08. The molecule has 1 spiro atoms. The van der Waals surface area contributed by atoms with Crippen LogP contribution in [-0.4, -0.2) is 21.9 Å². The highest BCUT2D eigenvalue weighted by molar-refractivity contribution is 5.72. The van der Waals surface area contributed by atoms with E-state index < -0.39 is 5.72 Å². The summed E-state index contributed by atoms with van der Waals surface area (Å²) >= 11 is 0. The summed E-state index contributed by atoms with van der Waals surface area (Å²) < 4.78 is 5.11. The number of nitro groups is 1. The molecule has 0 amide bonds. The number of rotatable bonds is 2. The van der Waals surface area contributed by atoms with Gasteiger partial charge in [-0.2, -0.15) is 0 Å². The molecule has 2 aliphatic rings. The van der Waals surface area contributed by atoms with Crippen LogP contribution in [0.15, 0.2) is 48.5 Å². The zero-order valence-corrected chi connectivity index (χ0v) is 14.6. The Bertz CT molecular complexity index is 904. The summed E-state index contributed by atoms with van der Waals surface area (Å²) in [6, 6.07) is 13.3. The van der Waals surface area contributed by atoms with E-state index >= 15 is 0 Å². The van der Waals surface area contributed by atoms with Gasteiger partial charge in [-0.15, -0.1) is 0 Å². The van der Waals surface area contributed by atoms with Gasteiger partial charge in [-0.3, -0.25) is 15.0 Å². The normalized spacial score (nSPS) is 22.4. The van der Waals surface area contributed by atoms with E-state index in [1.54, 1.807) is 12.1 Å². The summed E-state index contributed by atoms with van der Waals surface area (Å²) in [7, 11) is 0. The Morgan fingerprint density at radius 3 is 2.68 bits per heavy atom. The molecule has 2 aromatic carbocycles. The molecule has 0 aromatic heterocycles. The molecule has 1 N–H and O–H groups in total. The third-order valence-corrected chi connectivity index (χ3v) is 5.52. The standard InChI is InChI=1S/C20H20N2O3/c1-4-21-17-8-6-5-7-16(17)19(2,3)20(21)12-11-14-13-15(22(23)24)9-10-18(14)25-20/h5-13H,4H2,1-3H3/p+1. The molecule has 0 saturated carbocycles. The fourth-order valence-corrected chi connectivity index (χ4v) is 4.18. The third-order valence-electron chi connectivity index (χ3n) is 5.52. The number of ether oxygens (including phenoxy) is 1. The summed E-state index contributed by atoms with van der Waals surface area (Å²) in [6.45, 7) is 7.39. The Balaban J connectivity index is 1.86. The van der Waals surface area contributed by atoms with Crippen LogP contribution in [0.4, 0.5) is 11.4 Å². The fourth-order valence-electron chi connectivity index (χ4n) is 4.18. The van der Waals surface area contributed by atoms with Crippen LogP contribution in [0.5, 0.6) is 5.75 Å². The molecule has 0 bridgehead atoms. The number of nitrogens with zero attached hydrogens (tertiary/aromatic N) is 2.